The summed E-state index contributed by atoms with van der Waals surface area (Å²) in [5, 5.41) is 0. The van der Waals surface area contributed by atoms with Crippen LogP contribution in [0.5, 0.6) is 0 Å². The fraction of sp³-hybridized carbons (Fsp3) is 0.353. The molecule has 0 nitrogen and oxygen atoms in total. The molecular formula is C34H40. The zero-order valence-corrected chi connectivity index (χ0v) is 21.7. The minimum absolute atomic E-state index is 0.274. The zero-order chi connectivity index (χ0) is 24.9. The maximum Gasteiger partial charge on any atom is 0.0237 e. The van der Waals surface area contributed by atoms with Crippen molar-refractivity contribution in [3.05, 3.63) is 107 Å². The third kappa shape index (κ3) is 6.74. The first-order chi connectivity index (χ1) is 16.1. The molecule has 0 aliphatic heterocycles. The number of hydrogen-bond acceptors (Lipinski definition) is 0. The van der Waals surface area contributed by atoms with Crippen molar-refractivity contribution in [2.75, 3.05) is 0 Å². The van der Waals surface area contributed by atoms with Gasteiger partial charge in [0, 0.05) is 12.3 Å². The first-order valence-corrected chi connectivity index (χ1v) is 12.5. The van der Waals surface area contributed by atoms with Crippen molar-refractivity contribution >= 4 is 11.1 Å². The molecule has 0 heteroatoms. The number of hydrogen-bond donors (Lipinski definition) is 0. The first kappa shape index (κ1) is 25.6. The third-order valence-electron chi connectivity index (χ3n) is 6.60. The molecule has 3 rings (SSSR count). The van der Waals surface area contributed by atoms with Gasteiger partial charge in [-0.15, -0.1) is 12.3 Å². The van der Waals surface area contributed by atoms with E-state index in [0.717, 1.165) is 31.3 Å². The molecule has 0 aromatic heterocycles. The van der Waals surface area contributed by atoms with Gasteiger partial charge in [0.15, 0.2) is 0 Å². The third-order valence-corrected chi connectivity index (χ3v) is 6.60. The zero-order valence-electron chi connectivity index (χ0n) is 21.7. The lowest BCUT2D eigenvalue weighted by Crippen LogP contribution is -2.10. The molecule has 0 amide bonds. The summed E-state index contributed by atoms with van der Waals surface area (Å²) in [6, 6.07) is 15.8. The summed E-state index contributed by atoms with van der Waals surface area (Å²) in [6.07, 6.45) is 15.8. The average molecular weight is 449 g/mol. The van der Waals surface area contributed by atoms with Gasteiger partial charge in [-0.1, -0.05) is 113 Å². The minimum Gasteiger partial charge on any atom is -0.120 e. The van der Waals surface area contributed by atoms with Crippen LogP contribution in [-0.4, -0.2) is 0 Å². The van der Waals surface area contributed by atoms with E-state index in [0.29, 0.717) is 11.8 Å². The predicted octanol–water partition coefficient (Wildman–Crippen LogP) is 9.33. The van der Waals surface area contributed by atoms with Gasteiger partial charge < -0.3 is 0 Å². The Morgan fingerprint density at radius 1 is 1.03 bits per heavy atom. The highest BCUT2D eigenvalue weighted by atomic mass is 14.3. The second-order valence-corrected chi connectivity index (χ2v) is 11.1. The van der Waals surface area contributed by atoms with E-state index < -0.39 is 0 Å². The van der Waals surface area contributed by atoms with Crippen molar-refractivity contribution in [1.82, 2.24) is 0 Å². The van der Waals surface area contributed by atoms with Gasteiger partial charge >= 0.3 is 0 Å². The van der Waals surface area contributed by atoms with Crippen LogP contribution in [0.3, 0.4) is 0 Å². The smallest absolute Gasteiger partial charge is 0.0237 e. The second kappa shape index (κ2) is 10.9. The summed E-state index contributed by atoms with van der Waals surface area (Å²) in [5.74, 6) is 3.45. The molecule has 176 valence electrons. The van der Waals surface area contributed by atoms with Crippen LogP contribution in [0.2, 0.25) is 0 Å². The van der Waals surface area contributed by atoms with Crippen molar-refractivity contribution in [3.8, 4) is 12.3 Å². The lowest BCUT2D eigenvalue weighted by molar-refractivity contribution is 0.411. The molecule has 2 aromatic rings. The van der Waals surface area contributed by atoms with Crippen LogP contribution >= 0.6 is 0 Å². The van der Waals surface area contributed by atoms with Gasteiger partial charge in [-0.25, -0.2) is 0 Å². The maximum absolute atomic E-state index is 5.40. The van der Waals surface area contributed by atoms with E-state index in [-0.39, 0.29) is 5.41 Å². The summed E-state index contributed by atoms with van der Waals surface area (Å²) < 4.78 is 0. The van der Waals surface area contributed by atoms with Crippen LogP contribution in [0, 0.1) is 30.6 Å². The molecule has 0 radical (unpaired) electrons. The molecule has 0 saturated heterocycles. The van der Waals surface area contributed by atoms with Gasteiger partial charge in [0.1, 0.15) is 0 Å². The Morgan fingerprint density at radius 3 is 2.38 bits per heavy atom. The Kier molecular flexibility index (Phi) is 8.22. The number of benzene rings is 2. The highest BCUT2D eigenvalue weighted by molar-refractivity contribution is 5.66. The molecule has 0 bridgehead atoms. The number of terminal acetylenes is 1. The number of aryl methyl sites for hydroxylation is 1. The van der Waals surface area contributed by atoms with Crippen molar-refractivity contribution < 1.29 is 0 Å². The van der Waals surface area contributed by atoms with E-state index in [1.807, 2.05) is 0 Å². The average Bonchev–Trinajstić information content (AvgIpc) is 3.26. The number of rotatable bonds is 9. The monoisotopic (exact) mass is 448 g/mol. The molecule has 1 unspecified atom stereocenters. The summed E-state index contributed by atoms with van der Waals surface area (Å²) in [7, 11) is 0. The van der Waals surface area contributed by atoms with Gasteiger partial charge in [0.25, 0.3) is 0 Å². The van der Waals surface area contributed by atoms with Crippen LogP contribution < -0.4 is 0 Å². The lowest BCUT2D eigenvalue weighted by Gasteiger charge is -2.23. The van der Waals surface area contributed by atoms with E-state index in [1.54, 1.807) is 0 Å². The Morgan fingerprint density at radius 2 is 1.74 bits per heavy atom. The van der Waals surface area contributed by atoms with E-state index in [4.69, 9.17) is 6.42 Å². The summed E-state index contributed by atoms with van der Waals surface area (Å²) in [4.78, 5) is 0. The van der Waals surface area contributed by atoms with E-state index >= 15 is 0 Å². The van der Waals surface area contributed by atoms with Crippen molar-refractivity contribution in [1.29, 1.82) is 0 Å². The van der Waals surface area contributed by atoms with Gasteiger partial charge in [0.2, 0.25) is 0 Å². The van der Waals surface area contributed by atoms with E-state index in [9.17, 15) is 0 Å². The van der Waals surface area contributed by atoms with Crippen LogP contribution in [0.15, 0.2) is 79.4 Å². The number of allylic oxidation sites excluding steroid dienone is 6. The van der Waals surface area contributed by atoms with E-state index in [2.05, 4.69) is 114 Å². The van der Waals surface area contributed by atoms with Crippen molar-refractivity contribution in [2.24, 2.45) is 11.3 Å². The second-order valence-electron chi connectivity index (χ2n) is 11.1. The van der Waals surface area contributed by atoms with Gasteiger partial charge in [0.05, 0.1) is 0 Å². The largest absolute Gasteiger partial charge is 0.120 e. The predicted molar refractivity (Wildman–Crippen MR) is 151 cm³/mol. The molecule has 0 saturated carbocycles. The lowest BCUT2D eigenvalue weighted by atomic mass is 9.81. The van der Waals surface area contributed by atoms with Crippen molar-refractivity contribution in [3.63, 3.8) is 0 Å². The van der Waals surface area contributed by atoms with Gasteiger partial charge in [-0.05, 0) is 70.9 Å². The van der Waals surface area contributed by atoms with E-state index in [1.165, 1.54) is 39.0 Å². The minimum atomic E-state index is 0.274. The van der Waals surface area contributed by atoms with Crippen LogP contribution in [0.1, 0.15) is 80.7 Å². The maximum atomic E-state index is 5.40. The molecule has 34 heavy (non-hydrogen) atoms. The first-order valence-electron chi connectivity index (χ1n) is 12.5. The van der Waals surface area contributed by atoms with Gasteiger partial charge in [-0.2, -0.15) is 0 Å². The normalized spacial score (nSPS) is 16.1. The van der Waals surface area contributed by atoms with Crippen molar-refractivity contribution in [2.45, 2.75) is 66.2 Å². The molecular weight excluding hydrogens is 408 g/mol. The van der Waals surface area contributed by atoms with Crippen LogP contribution in [0.25, 0.3) is 11.1 Å². The topological polar surface area (TPSA) is 0 Å². The Balaban J connectivity index is 1.70. The summed E-state index contributed by atoms with van der Waals surface area (Å²) in [5.41, 5.74) is 10.6. The molecule has 2 aromatic carbocycles. The Hall–Kier alpha value is -3.04. The van der Waals surface area contributed by atoms with Crippen LogP contribution in [-0.2, 0) is 6.42 Å². The Bertz CT molecular complexity index is 1140. The summed E-state index contributed by atoms with van der Waals surface area (Å²) >= 11 is 0. The molecule has 2 atom stereocenters. The molecule has 0 N–H and O–H groups in total. The molecule has 1 aliphatic rings. The van der Waals surface area contributed by atoms with Gasteiger partial charge in [-0.3, -0.25) is 0 Å². The fourth-order valence-electron chi connectivity index (χ4n) is 4.95. The Labute approximate surface area is 208 Å². The highest BCUT2D eigenvalue weighted by Crippen LogP contribution is 2.39. The summed E-state index contributed by atoms with van der Waals surface area (Å²) in [6.45, 7) is 20.1. The highest BCUT2D eigenvalue weighted by Gasteiger charge is 2.23. The standard InChI is InChI=1S/C34H40/c1-9-10-12-25(3)29-15-17-30(18-16-29)33-14-11-13-32(33)27(5)21-26(4)31-20-24(2)19-28(22-31)23-34(6,7)8/h1,11,13-20,22,27,33H,3-4,10,12,21,23H2,2,5-8H3/t27-,33?/m1/s1. The molecule has 0 fully saturated rings. The molecule has 0 spiro atoms. The quantitative estimate of drug-likeness (QED) is 0.335. The molecule has 1 aliphatic carbocycles. The SMILES string of the molecule is C#CCCC(=C)c1ccc(C2C=CC=C2[C@H](C)CC(=C)c2cc(C)cc(CC(C)(C)C)c2)cc1. The molecule has 0 heterocycles. The van der Waals surface area contributed by atoms with Crippen LogP contribution in [0.4, 0.5) is 0 Å². The fourth-order valence-corrected chi connectivity index (χ4v) is 4.95.